The molecule has 1 N–H and O–H groups in total. The third kappa shape index (κ3) is 5.30. The molecule has 1 fully saturated rings. The van der Waals surface area contributed by atoms with E-state index in [9.17, 15) is 9.18 Å². The van der Waals surface area contributed by atoms with Crippen LogP contribution in [0.1, 0.15) is 34.3 Å². The molecule has 0 aliphatic carbocycles. The number of piperidine rings is 1. The molecule has 3 rings (SSSR count). The van der Waals surface area contributed by atoms with Crippen molar-refractivity contribution in [1.29, 1.82) is 0 Å². The topological polar surface area (TPSA) is 41.6 Å². The summed E-state index contributed by atoms with van der Waals surface area (Å²) < 4.78 is 18.6. The molecule has 2 aromatic carbocycles. The van der Waals surface area contributed by atoms with Crippen molar-refractivity contribution in [1.82, 2.24) is 10.2 Å². The van der Waals surface area contributed by atoms with Crippen LogP contribution in [0.5, 0.6) is 5.75 Å². The third-order valence-electron chi connectivity index (χ3n) is 5.27. The molecule has 4 nitrogen and oxygen atoms in total. The number of rotatable bonds is 6. The Morgan fingerprint density at radius 2 is 1.89 bits per heavy atom. The number of hydrogen-bond donors (Lipinski definition) is 1. The van der Waals surface area contributed by atoms with Gasteiger partial charge in [-0.1, -0.05) is 18.2 Å². The summed E-state index contributed by atoms with van der Waals surface area (Å²) in [7, 11) is 1.67. The minimum absolute atomic E-state index is 0.187. The maximum atomic E-state index is 13.4. The minimum atomic E-state index is -0.377. The number of halogens is 1. The first-order chi connectivity index (χ1) is 13.0. The van der Waals surface area contributed by atoms with Gasteiger partial charge in [-0.15, -0.1) is 0 Å². The fraction of sp³-hybridized carbons (Fsp3) is 0.409. The maximum absolute atomic E-state index is 13.4. The van der Waals surface area contributed by atoms with Crippen molar-refractivity contribution in [2.45, 2.75) is 26.3 Å². The molecule has 1 saturated heterocycles. The van der Waals surface area contributed by atoms with Gasteiger partial charge in [0.15, 0.2) is 0 Å². The zero-order valence-corrected chi connectivity index (χ0v) is 16.0. The van der Waals surface area contributed by atoms with Gasteiger partial charge in [0.25, 0.3) is 5.91 Å². The number of likely N-dealkylation sites (tertiary alicyclic amines) is 1. The van der Waals surface area contributed by atoms with E-state index < -0.39 is 0 Å². The molecule has 0 atom stereocenters. The number of ether oxygens (including phenoxy) is 1. The summed E-state index contributed by atoms with van der Waals surface area (Å²) in [6, 6.07) is 12.5. The molecule has 1 aliphatic rings. The lowest BCUT2D eigenvalue weighted by Crippen LogP contribution is -2.38. The second-order valence-corrected chi connectivity index (χ2v) is 7.24. The van der Waals surface area contributed by atoms with Crippen LogP contribution in [0.15, 0.2) is 42.5 Å². The summed E-state index contributed by atoms with van der Waals surface area (Å²) in [6.45, 7) is 5.44. The number of nitrogens with one attached hydrogen (secondary N) is 1. The molecule has 0 radical (unpaired) electrons. The molecule has 1 aliphatic heterocycles. The van der Waals surface area contributed by atoms with E-state index in [1.807, 2.05) is 19.1 Å². The molecule has 0 spiro atoms. The summed E-state index contributed by atoms with van der Waals surface area (Å²) in [5.41, 5.74) is 2.50. The number of benzene rings is 2. The molecule has 0 saturated carbocycles. The van der Waals surface area contributed by atoms with Crippen LogP contribution in [0.3, 0.4) is 0 Å². The lowest BCUT2D eigenvalue weighted by atomic mass is 9.96. The first-order valence-electron chi connectivity index (χ1n) is 9.45. The second-order valence-electron chi connectivity index (χ2n) is 7.24. The number of aryl methyl sites for hydroxylation is 1. The highest BCUT2D eigenvalue weighted by Gasteiger charge is 2.20. The normalized spacial score (nSPS) is 15.5. The van der Waals surface area contributed by atoms with Crippen molar-refractivity contribution in [3.05, 3.63) is 65.0 Å². The van der Waals surface area contributed by atoms with Gasteiger partial charge in [0.2, 0.25) is 0 Å². The highest BCUT2D eigenvalue weighted by atomic mass is 19.1. The van der Waals surface area contributed by atoms with E-state index in [0.717, 1.165) is 43.8 Å². The molecule has 5 heteroatoms. The Morgan fingerprint density at radius 1 is 1.19 bits per heavy atom. The second kappa shape index (κ2) is 9.00. The average Bonchev–Trinajstić information content (AvgIpc) is 2.69. The smallest absolute Gasteiger partial charge is 0.251 e. The minimum Gasteiger partial charge on any atom is -0.497 e. The highest BCUT2D eigenvalue weighted by molar-refractivity contribution is 5.95. The van der Waals surface area contributed by atoms with E-state index in [2.05, 4.69) is 22.3 Å². The first kappa shape index (κ1) is 19.4. The fourth-order valence-electron chi connectivity index (χ4n) is 3.51. The number of carbonyl (C=O) groups is 1. The Morgan fingerprint density at radius 3 is 2.56 bits per heavy atom. The zero-order chi connectivity index (χ0) is 19.2. The van der Waals surface area contributed by atoms with Crippen LogP contribution in [-0.2, 0) is 6.54 Å². The molecule has 0 unspecified atom stereocenters. The number of amides is 1. The van der Waals surface area contributed by atoms with E-state index in [-0.39, 0.29) is 11.7 Å². The Balaban J connectivity index is 1.44. The zero-order valence-electron chi connectivity index (χ0n) is 16.0. The fourth-order valence-corrected chi connectivity index (χ4v) is 3.51. The molecular formula is C22H27FN2O2. The van der Waals surface area contributed by atoms with E-state index in [1.54, 1.807) is 13.2 Å². The molecule has 27 heavy (non-hydrogen) atoms. The maximum Gasteiger partial charge on any atom is 0.251 e. The van der Waals surface area contributed by atoms with Crippen molar-refractivity contribution in [3.63, 3.8) is 0 Å². The van der Waals surface area contributed by atoms with Gasteiger partial charge in [-0.2, -0.15) is 0 Å². The molecule has 1 heterocycles. The Bertz CT molecular complexity index is 768. The Labute approximate surface area is 160 Å². The lowest BCUT2D eigenvalue weighted by Gasteiger charge is -2.32. The van der Waals surface area contributed by atoms with Crippen molar-refractivity contribution in [2.75, 3.05) is 26.7 Å². The van der Waals surface area contributed by atoms with E-state index in [0.29, 0.717) is 18.0 Å². The van der Waals surface area contributed by atoms with Gasteiger partial charge in [-0.05, 0) is 74.2 Å². The first-order valence-corrected chi connectivity index (χ1v) is 9.45. The number of hydrogen-bond acceptors (Lipinski definition) is 3. The largest absolute Gasteiger partial charge is 0.497 e. The van der Waals surface area contributed by atoms with Gasteiger partial charge in [-0.3, -0.25) is 9.69 Å². The lowest BCUT2D eigenvalue weighted by molar-refractivity contribution is 0.0934. The summed E-state index contributed by atoms with van der Waals surface area (Å²) in [5, 5.41) is 2.98. The van der Waals surface area contributed by atoms with Crippen LogP contribution in [0, 0.1) is 18.7 Å². The quantitative estimate of drug-likeness (QED) is 0.841. The van der Waals surface area contributed by atoms with Gasteiger partial charge >= 0.3 is 0 Å². The highest BCUT2D eigenvalue weighted by Crippen LogP contribution is 2.20. The van der Waals surface area contributed by atoms with E-state index in [4.69, 9.17) is 4.74 Å². The molecule has 0 bridgehead atoms. The average molecular weight is 370 g/mol. The molecule has 0 aromatic heterocycles. The Kier molecular flexibility index (Phi) is 6.45. The third-order valence-corrected chi connectivity index (χ3v) is 5.27. The molecule has 2 aromatic rings. The van der Waals surface area contributed by atoms with Crippen LogP contribution in [0.25, 0.3) is 0 Å². The monoisotopic (exact) mass is 370 g/mol. The van der Waals surface area contributed by atoms with Crippen LogP contribution < -0.4 is 10.1 Å². The standard InChI is InChI=1S/C22H27FN2O2/c1-16-3-6-19(23)13-21(16)22(26)24-14-17-9-11-25(12-10-17)15-18-4-7-20(27-2)8-5-18/h3-8,13,17H,9-12,14-15H2,1-2H3,(H,24,26). The van der Waals surface area contributed by atoms with Gasteiger partial charge in [0.05, 0.1) is 7.11 Å². The molecular weight excluding hydrogens is 343 g/mol. The van der Waals surface area contributed by atoms with Crippen molar-refractivity contribution in [3.8, 4) is 5.75 Å². The van der Waals surface area contributed by atoms with Crippen molar-refractivity contribution < 1.29 is 13.9 Å². The molecule has 1 amide bonds. The predicted octanol–water partition coefficient (Wildman–Crippen LogP) is 3.78. The SMILES string of the molecule is COc1ccc(CN2CCC(CNC(=O)c3cc(F)ccc3C)CC2)cc1. The van der Waals surface area contributed by atoms with Gasteiger partial charge in [-0.25, -0.2) is 4.39 Å². The number of carbonyl (C=O) groups excluding carboxylic acids is 1. The number of nitrogens with zero attached hydrogens (tertiary/aromatic N) is 1. The van der Waals surface area contributed by atoms with Crippen molar-refractivity contribution in [2.24, 2.45) is 5.92 Å². The van der Waals surface area contributed by atoms with Crippen LogP contribution in [-0.4, -0.2) is 37.6 Å². The summed E-state index contributed by atoms with van der Waals surface area (Å²) >= 11 is 0. The Hall–Kier alpha value is -2.40. The van der Waals surface area contributed by atoms with Gasteiger partial charge in [0, 0.05) is 18.7 Å². The predicted molar refractivity (Wildman–Crippen MR) is 104 cm³/mol. The number of methoxy groups -OCH3 is 1. The van der Waals surface area contributed by atoms with Gasteiger partial charge < -0.3 is 10.1 Å². The van der Waals surface area contributed by atoms with Gasteiger partial charge in [0.1, 0.15) is 11.6 Å². The van der Waals surface area contributed by atoms with Crippen LogP contribution >= 0.6 is 0 Å². The van der Waals surface area contributed by atoms with Crippen LogP contribution in [0.2, 0.25) is 0 Å². The van der Waals surface area contributed by atoms with E-state index in [1.165, 1.54) is 17.7 Å². The van der Waals surface area contributed by atoms with E-state index >= 15 is 0 Å². The summed E-state index contributed by atoms with van der Waals surface area (Å²) in [6.07, 6.45) is 2.11. The summed E-state index contributed by atoms with van der Waals surface area (Å²) in [4.78, 5) is 14.8. The van der Waals surface area contributed by atoms with Crippen molar-refractivity contribution >= 4 is 5.91 Å². The molecule has 144 valence electrons. The van der Waals surface area contributed by atoms with Crippen LogP contribution in [0.4, 0.5) is 4.39 Å². The summed E-state index contributed by atoms with van der Waals surface area (Å²) in [5.74, 6) is 0.780.